The first kappa shape index (κ1) is 16.8. The third-order valence-corrected chi connectivity index (χ3v) is 3.45. The Hall–Kier alpha value is -1.26. The minimum Gasteiger partial charge on any atom is -0.444 e. The van der Waals surface area contributed by atoms with Crippen molar-refractivity contribution < 1.29 is 14.3 Å². The van der Waals surface area contributed by atoms with Crippen molar-refractivity contribution in [2.24, 2.45) is 0 Å². The molecule has 0 aromatic heterocycles. The van der Waals surface area contributed by atoms with Crippen LogP contribution in [0.1, 0.15) is 53.4 Å². The zero-order chi connectivity index (χ0) is 15.3. The fourth-order valence-electron chi connectivity index (χ4n) is 2.34. The number of carbonyl (C=O) groups is 2. The largest absolute Gasteiger partial charge is 0.444 e. The van der Waals surface area contributed by atoms with Gasteiger partial charge in [0.05, 0.1) is 0 Å². The molecule has 116 valence electrons. The van der Waals surface area contributed by atoms with Crippen LogP contribution < -0.4 is 0 Å². The molecule has 1 heterocycles. The molecule has 1 aliphatic rings. The van der Waals surface area contributed by atoms with Gasteiger partial charge in [-0.2, -0.15) is 0 Å². The van der Waals surface area contributed by atoms with Gasteiger partial charge in [-0.15, -0.1) is 0 Å². The van der Waals surface area contributed by atoms with Crippen molar-refractivity contribution >= 4 is 12.0 Å². The number of likely N-dealkylation sites (N-methyl/N-ethyl adjacent to an activating group) is 1. The number of nitrogens with zero attached hydrogens (tertiary/aromatic N) is 2. The molecule has 1 saturated heterocycles. The molecule has 0 aromatic rings. The summed E-state index contributed by atoms with van der Waals surface area (Å²) < 4.78 is 5.26. The summed E-state index contributed by atoms with van der Waals surface area (Å²) in [5, 5.41) is 0. The van der Waals surface area contributed by atoms with Crippen molar-refractivity contribution in [3.8, 4) is 0 Å². The fraction of sp³-hybridized carbons (Fsp3) is 0.867. The van der Waals surface area contributed by atoms with Gasteiger partial charge in [0.2, 0.25) is 5.91 Å². The Kier molecular flexibility index (Phi) is 5.84. The SMILES string of the molecule is C[C@@H]1CCCCCN1C(=O)CN(C)C(=O)OC(C)(C)C. The van der Waals surface area contributed by atoms with Crippen LogP contribution in [-0.4, -0.2) is 53.6 Å². The molecule has 5 heteroatoms. The topological polar surface area (TPSA) is 49.9 Å². The molecular formula is C15H28N2O3. The van der Waals surface area contributed by atoms with Gasteiger partial charge in [-0.05, 0) is 40.5 Å². The number of rotatable bonds is 2. The summed E-state index contributed by atoms with van der Waals surface area (Å²) in [6.45, 7) is 8.41. The maximum atomic E-state index is 12.3. The van der Waals surface area contributed by atoms with Gasteiger partial charge in [-0.1, -0.05) is 12.8 Å². The summed E-state index contributed by atoms with van der Waals surface area (Å²) >= 11 is 0. The summed E-state index contributed by atoms with van der Waals surface area (Å²) in [4.78, 5) is 27.4. The lowest BCUT2D eigenvalue weighted by molar-refractivity contribution is -0.134. The molecule has 0 N–H and O–H groups in total. The third-order valence-electron chi connectivity index (χ3n) is 3.45. The van der Waals surface area contributed by atoms with Gasteiger partial charge in [-0.25, -0.2) is 4.79 Å². The Morgan fingerprint density at radius 2 is 1.90 bits per heavy atom. The van der Waals surface area contributed by atoms with Crippen LogP contribution >= 0.6 is 0 Å². The lowest BCUT2D eigenvalue weighted by atomic mass is 10.1. The quantitative estimate of drug-likeness (QED) is 0.783. The molecule has 5 nitrogen and oxygen atoms in total. The van der Waals surface area contributed by atoms with E-state index in [1.54, 1.807) is 7.05 Å². The average Bonchev–Trinajstić information content (AvgIpc) is 2.51. The highest BCUT2D eigenvalue weighted by Gasteiger charge is 2.26. The van der Waals surface area contributed by atoms with E-state index in [1.165, 1.54) is 17.7 Å². The Morgan fingerprint density at radius 1 is 1.25 bits per heavy atom. The minimum absolute atomic E-state index is 0.00718. The molecule has 0 bridgehead atoms. The Bertz CT molecular complexity index is 350. The highest BCUT2D eigenvalue weighted by atomic mass is 16.6. The van der Waals surface area contributed by atoms with Gasteiger partial charge < -0.3 is 14.5 Å². The molecule has 1 atom stereocenters. The van der Waals surface area contributed by atoms with Crippen LogP contribution in [0.2, 0.25) is 0 Å². The van der Waals surface area contributed by atoms with E-state index in [2.05, 4.69) is 6.92 Å². The van der Waals surface area contributed by atoms with Crippen LogP contribution in [0.5, 0.6) is 0 Å². The van der Waals surface area contributed by atoms with E-state index in [1.807, 2.05) is 25.7 Å². The van der Waals surface area contributed by atoms with E-state index >= 15 is 0 Å². The van der Waals surface area contributed by atoms with E-state index in [0.29, 0.717) is 0 Å². The monoisotopic (exact) mass is 284 g/mol. The van der Waals surface area contributed by atoms with E-state index in [0.717, 1.165) is 19.4 Å². The van der Waals surface area contributed by atoms with Crippen molar-refractivity contribution in [1.82, 2.24) is 9.80 Å². The smallest absolute Gasteiger partial charge is 0.410 e. The maximum absolute atomic E-state index is 12.3. The van der Waals surface area contributed by atoms with Crippen molar-refractivity contribution in [2.45, 2.75) is 65.0 Å². The minimum atomic E-state index is -0.537. The highest BCUT2D eigenvalue weighted by molar-refractivity contribution is 5.82. The second-order valence-corrected chi connectivity index (χ2v) is 6.62. The van der Waals surface area contributed by atoms with Crippen LogP contribution in [0, 0.1) is 0 Å². The van der Waals surface area contributed by atoms with Crippen LogP contribution in [-0.2, 0) is 9.53 Å². The van der Waals surface area contributed by atoms with Crippen LogP contribution in [0.25, 0.3) is 0 Å². The molecule has 1 fully saturated rings. The molecule has 0 saturated carbocycles. The first-order valence-corrected chi connectivity index (χ1v) is 7.44. The lowest BCUT2D eigenvalue weighted by Crippen LogP contribution is -2.46. The molecule has 0 aromatic carbocycles. The summed E-state index contributed by atoms with van der Waals surface area (Å²) in [6, 6.07) is 0.261. The Balaban J connectivity index is 2.53. The van der Waals surface area contributed by atoms with Crippen molar-refractivity contribution in [3.05, 3.63) is 0 Å². The number of amides is 2. The standard InChI is InChI=1S/C15H28N2O3/c1-12-9-7-6-8-10-17(12)13(18)11-16(5)14(19)20-15(2,3)4/h12H,6-11H2,1-5H3/t12-/m1/s1. The number of hydrogen-bond donors (Lipinski definition) is 0. The van der Waals surface area contributed by atoms with Gasteiger partial charge in [0.15, 0.2) is 0 Å². The summed E-state index contributed by atoms with van der Waals surface area (Å²) in [5.74, 6) is 0.00718. The predicted molar refractivity (Wildman–Crippen MR) is 78.5 cm³/mol. The normalized spacial score (nSPS) is 20.2. The first-order valence-electron chi connectivity index (χ1n) is 7.44. The summed E-state index contributed by atoms with van der Waals surface area (Å²) in [6.07, 6.45) is 3.99. The Labute approximate surface area is 122 Å². The zero-order valence-electron chi connectivity index (χ0n) is 13.4. The summed E-state index contributed by atoms with van der Waals surface area (Å²) in [5.41, 5.74) is -0.537. The molecule has 1 rings (SSSR count). The predicted octanol–water partition coefficient (Wildman–Crippen LogP) is 2.64. The van der Waals surface area contributed by atoms with E-state index in [4.69, 9.17) is 4.74 Å². The second-order valence-electron chi connectivity index (χ2n) is 6.62. The highest BCUT2D eigenvalue weighted by Crippen LogP contribution is 2.17. The van der Waals surface area contributed by atoms with Crippen molar-refractivity contribution in [2.75, 3.05) is 20.1 Å². The van der Waals surface area contributed by atoms with Gasteiger partial charge in [0.25, 0.3) is 0 Å². The number of ether oxygens (including phenoxy) is 1. The molecule has 0 unspecified atom stereocenters. The molecule has 1 aliphatic heterocycles. The van der Waals surface area contributed by atoms with E-state index in [9.17, 15) is 9.59 Å². The van der Waals surface area contributed by atoms with E-state index < -0.39 is 11.7 Å². The van der Waals surface area contributed by atoms with Gasteiger partial charge in [-0.3, -0.25) is 4.79 Å². The van der Waals surface area contributed by atoms with E-state index in [-0.39, 0.29) is 18.5 Å². The zero-order valence-corrected chi connectivity index (χ0v) is 13.4. The molecule has 0 spiro atoms. The number of hydrogen-bond acceptors (Lipinski definition) is 3. The number of carbonyl (C=O) groups excluding carboxylic acids is 2. The molecule has 0 radical (unpaired) electrons. The van der Waals surface area contributed by atoms with Gasteiger partial charge in [0, 0.05) is 19.6 Å². The lowest BCUT2D eigenvalue weighted by Gasteiger charge is -2.30. The van der Waals surface area contributed by atoms with Crippen molar-refractivity contribution in [3.63, 3.8) is 0 Å². The fourth-order valence-corrected chi connectivity index (χ4v) is 2.34. The van der Waals surface area contributed by atoms with Gasteiger partial charge >= 0.3 is 6.09 Å². The first-order chi connectivity index (χ1) is 9.20. The second kappa shape index (κ2) is 6.95. The third kappa shape index (κ3) is 5.39. The molecule has 0 aliphatic carbocycles. The maximum Gasteiger partial charge on any atom is 0.410 e. The number of likely N-dealkylation sites (tertiary alicyclic amines) is 1. The van der Waals surface area contributed by atoms with Crippen LogP contribution in [0.3, 0.4) is 0 Å². The average molecular weight is 284 g/mol. The molecule has 2 amide bonds. The van der Waals surface area contributed by atoms with Crippen molar-refractivity contribution in [1.29, 1.82) is 0 Å². The molecular weight excluding hydrogens is 256 g/mol. The summed E-state index contributed by atoms with van der Waals surface area (Å²) in [7, 11) is 1.61. The van der Waals surface area contributed by atoms with Crippen LogP contribution in [0.4, 0.5) is 4.79 Å². The van der Waals surface area contributed by atoms with Crippen LogP contribution in [0.15, 0.2) is 0 Å². The Morgan fingerprint density at radius 3 is 2.50 bits per heavy atom. The molecule has 20 heavy (non-hydrogen) atoms. The van der Waals surface area contributed by atoms with Gasteiger partial charge in [0.1, 0.15) is 12.1 Å².